The van der Waals surface area contributed by atoms with Gasteiger partial charge in [-0.05, 0) is 36.3 Å². The van der Waals surface area contributed by atoms with E-state index < -0.39 is 5.91 Å². The molecule has 1 saturated heterocycles. The van der Waals surface area contributed by atoms with E-state index in [1.807, 2.05) is 36.3 Å². The minimum Gasteiger partial charge on any atom is -0.383 e. The van der Waals surface area contributed by atoms with Crippen molar-refractivity contribution in [3.05, 3.63) is 54.9 Å². The maximum absolute atomic E-state index is 11.6. The highest BCUT2D eigenvalue weighted by atomic mass is 16.5. The van der Waals surface area contributed by atoms with E-state index in [4.69, 9.17) is 21.9 Å². The van der Waals surface area contributed by atoms with Crippen LogP contribution >= 0.6 is 0 Å². The van der Waals surface area contributed by atoms with E-state index in [2.05, 4.69) is 30.5 Å². The van der Waals surface area contributed by atoms with Crippen molar-refractivity contribution in [2.45, 2.75) is 0 Å². The number of nitrogens with one attached hydrogen (secondary N) is 2. The third-order valence-corrected chi connectivity index (χ3v) is 5.52. The molecule has 4 heterocycles. The van der Waals surface area contributed by atoms with Crippen molar-refractivity contribution in [1.29, 1.82) is 0 Å². The van der Waals surface area contributed by atoms with Gasteiger partial charge in [0.05, 0.1) is 36.3 Å². The highest BCUT2D eigenvalue weighted by Gasteiger charge is 2.14. The SMILES string of the molecule is C#CC(=O)Nc1ccnc(-c2cccc3c(N)nc(Nc4ccc(N5CCOCC5)nc4)nc23)c1. The summed E-state index contributed by atoms with van der Waals surface area (Å²) in [5, 5.41) is 6.50. The molecule has 1 amide bonds. The Kier molecular flexibility index (Phi) is 6.07. The lowest BCUT2D eigenvalue weighted by Gasteiger charge is -2.27. The van der Waals surface area contributed by atoms with Crippen molar-refractivity contribution in [3.8, 4) is 23.6 Å². The van der Waals surface area contributed by atoms with Crippen LogP contribution in [0.25, 0.3) is 22.2 Å². The predicted molar refractivity (Wildman–Crippen MR) is 135 cm³/mol. The Morgan fingerprint density at radius 3 is 2.71 bits per heavy atom. The summed E-state index contributed by atoms with van der Waals surface area (Å²) in [4.78, 5) is 31.9. The Morgan fingerprint density at radius 1 is 1.09 bits per heavy atom. The maximum Gasteiger partial charge on any atom is 0.300 e. The zero-order valence-corrected chi connectivity index (χ0v) is 18.7. The lowest BCUT2D eigenvalue weighted by molar-refractivity contribution is -0.111. The highest BCUT2D eigenvalue weighted by molar-refractivity contribution is 6.04. The fourth-order valence-corrected chi connectivity index (χ4v) is 3.83. The lowest BCUT2D eigenvalue weighted by atomic mass is 10.1. The number of rotatable bonds is 5. The first-order valence-electron chi connectivity index (χ1n) is 11.0. The number of benzene rings is 1. The number of amides is 1. The number of fused-ring (bicyclic) bond motifs is 1. The van der Waals surface area contributed by atoms with Crippen molar-refractivity contribution >= 4 is 45.8 Å². The molecule has 0 unspecified atom stereocenters. The Bertz CT molecular complexity index is 1430. The number of para-hydroxylation sites is 1. The Balaban J connectivity index is 1.45. The van der Waals surface area contributed by atoms with Gasteiger partial charge < -0.3 is 26.0 Å². The van der Waals surface area contributed by atoms with Gasteiger partial charge in [0.15, 0.2) is 0 Å². The molecule has 1 aliphatic rings. The first-order valence-corrected chi connectivity index (χ1v) is 11.0. The average molecular weight is 467 g/mol. The predicted octanol–water partition coefficient (Wildman–Crippen LogP) is 2.82. The second-order valence-corrected chi connectivity index (χ2v) is 7.79. The zero-order chi connectivity index (χ0) is 24.2. The Hall–Kier alpha value is -4.75. The number of hydrogen-bond acceptors (Lipinski definition) is 9. The third-order valence-electron chi connectivity index (χ3n) is 5.52. The van der Waals surface area contributed by atoms with Crippen molar-refractivity contribution in [1.82, 2.24) is 19.9 Å². The first kappa shape index (κ1) is 22.1. The van der Waals surface area contributed by atoms with Gasteiger partial charge >= 0.3 is 0 Å². The van der Waals surface area contributed by atoms with Crippen LogP contribution in [0.5, 0.6) is 0 Å². The quantitative estimate of drug-likeness (QED) is 0.380. The molecule has 10 nitrogen and oxygen atoms in total. The molecular formula is C25H22N8O2. The number of terminal acetylenes is 1. The molecule has 0 radical (unpaired) electrons. The van der Waals surface area contributed by atoms with Gasteiger partial charge in [-0.25, -0.2) is 9.97 Å². The van der Waals surface area contributed by atoms with E-state index in [1.54, 1.807) is 24.5 Å². The number of carbonyl (C=O) groups is 1. The fourth-order valence-electron chi connectivity index (χ4n) is 3.83. The number of carbonyl (C=O) groups excluding carboxylic acids is 1. The van der Waals surface area contributed by atoms with Crippen LogP contribution in [0.2, 0.25) is 0 Å². The number of nitrogen functional groups attached to an aromatic ring is 1. The zero-order valence-electron chi connectivity index (χ0n) is 18.7. The fraction of sp³-hybridized carbons (Fsp3) is 0.160. The molecule has 10 heteroatoms. The molecule has 0 spiro atoms. The monoisotopic (exact) mass is 466 g/mol. The van der Waals surface area contributed by atoms with Gasteiger partial charge in [0.1, 0.15) is 11.6 Å². The van der Waals surface area contributed by atoms with Crippen LogP contribution in [-0.4, -0.2) is 52.1 Å². The van der Waals surface area contributed by atoms with Gasteiger partial charge in [-0.3, -0.25) is 9.78 Å². The molecule has 0 aliphatic carbocycles. The van der Waals surface area contributed by atoms with Gasteiger partial charge in [0.2, 0.25) is 5.95 Å². The van der Waals surface area contributed by atoms with E-state index in [0.717, 1.165) is 30.2 Å². The summed E-state index contributed by atoms with van der Waals surface area (Å²) in [6.45, 7) is 3.02. The molecule has 174 valence electrons. The van der Waals surface area contributed by atoms with Crippen molar-refractivity contribution in [2.24, 2.45) is 0 Å². The molecule has 0 atom stereocenters. The molecule has 4 aromatic rings. The summed E-state index contributed by atoms with van der Waals surface area (Å²) >= 11 is 0. The van der Waals surface area contributed by atoms with Crippen LogP contribution in [0.4, 0.5) is 29.0 Å². The summed E-state index contributed by atoms with van der Waals surface area (Å²) in [6.07, 6.45) is 8.48. The number of hydrogen-bond donors (Lipinski definition) is 3. The molecule has 3 aromatic heterocycles. The van der Waals surface area contributed by atoms with E-state index in [9.17, 15) is 4.79 Å². The van der Waals surface area contributed by atoms with Crippen LogP contribution in [0.15, 0.2) is 54.9 Å². The van der Waals surface area contributed by atoms with Gasteiger partial charge in [0.25, 0.3) is 5.91 Å². The van der Waals surface area contributed by atoms with E-state index >= 15 is 0 Å². The lowest BCUT2D eigenvalue weighted by Crippen LogP contribution is -2.36. The number of aromatic nitrogens is 4. The van der Waals surface area contributed by atoms with Crippen molar-refractivity contribution < 1.29 is 9.53 Å². The average Bonchev–Trinajstić information content (AvgIpc) is 2.89. The molecule has 5 rings (SSSR count). The van der Waals surface area contributed by atoms with Gasteiger partial charge in [0, 0.05) is 35.9 Å². The maximum atomic E-state index is 11.6. The molecule has 1 aromatic carbocycles. The van der Waals surface area contributed by atoms with E-state index in [-0.39, 0.29) is 0 Å². The second-order valence-electron chi connectivity index (χ2n) is 7.79. The smallest absolute Gasteiger partial charge is 0.300 e. The van der Waals surface area contributed by atoms with Crippen LogP contribution in [0.1, 0.15) is 0 Å². The minimum absolute atomic E-state index is 0.328. The summed E-state index contributed by atoms with van der Waals surface area (Å²) in [5.74, 6) is 3.05. The van der Waals surface area contributed by atoms with Gasteiger partial charge in [-0.1, -0.05) is 12.1 Å². The summed E-state index contributed by atoms with van der Waals surface area (Å²) < 4.78 is 5.40. The molecule has 0 bridgehead atoms. The summed E-state index contributed by atoms with van der Waals surface area (Å²) in [5.41, 5.74) is 9.48. The number of nitrogens with zero attached hydrogens (tertiary/aromatic N) is 5. The molecule has 1 aliphatic heterocycles. The molecule has 35 heavy (non-hydrogen) atoms. The van der Waals surface area contributed by atoms with Crippen LogP contribution in [0.3, 0.4) is 0 Å². The van der Waals surface area contributed by atoms with Gasteiger partial charge in [-0.15, -0.1) is 6.42 Å². The Morgan fingerprint density at radius 2 is 1.94 bits per heavy atom. The largest absolute Gasteiger partial charge is 0.383 e. The third kappa shape index (κ3) is 4.80. The van der Waals surface area contributed by atoms with Crippen molar-refractivity contribution in [2.75, 3.05) is 47.6 Å². The number of ether oxygens (including phenoxy) is 1. The molecule has 1 fully saturated rings. The Labute approximate surface area is 201 Å². The normalized spacial score (nSPS) is 13.3. The number of morpholine rings is 1. The number of pyridine rings is 2. The topological polar surface area (TPSA) is 131 Å². The molecule has 4 N–H and O–H groups in total. The van der Waals surface area contributed by atoms with Gasteiger partial charge in [-0.2, -0.15) is 4.98 Å². The number of anilines is 5. The summed E-state index contributed by atoms with van der Waals surface area (Å²) in [7, 11) is 0. The number of nitrogens with two attached hydrogens (primary N) is 1. The molecule has 0 saturated carbocycles. The van der Waals surface area contributed by atoms with Crippen LogP contribution in [0, 0.1) is 12.3 Å². The molecular weight excluding hydrogens is 444 g/mol. The van der Waals surface area contributed by atoms with E-state index in [0.29, 0.717) is 47.3 Å². The minimum atomic E-state index is -0.536. The van der Waals surface area contributed by atoms with Crippen molar-refractivity contribution in [3.63, 3.8) is 0 Å². The van der Waals surface area contributed by atoms with E-state index in [1.165, 1.54) is 0 Å². The highest BCUT2D eigenvalue weighted by Crippen LogP contribution is 2.31. The first-order chi connectivity index (χ1) is 17.1. The summed E-state index contributed by atoms with van der Waals surface area (Å²) in [6, 6.07) is 12.8. The second kappa shape index (κ2) is 9.62. The standard InChI is InChI=1S/C25H22N8O2/c1-2-22(34)29-16-8-9-27-20(14-16)18-4-3-5-19-23(18)31-25(32-24(19)26)30-17-6-7-21(28-15-17)33-10-12-35-13-11-33/h1,3-9,14-15H,10-13H2,(H,27,29,34)(H3,26,30,31,32). The van der Waals surface area contributed by atoms with Crippen LogP contribution < -0.4 is 21.3 Å². The van der Waals surface area contributed by atoms with Crippen LogP contribution in [-0.2, 0) is 9.53 Å².